The van der Waals surface area contributed by atoms with Crippen LogP contribution in [0.15, 0.2) is 41.4 Å². The van der Waals surface area contributed by atoms with Crippen molar-refractivity contribution in [2.24, 2.45) is 4.99 Å². The summed E-state index contributed by atoms with van der Waals surface area (Å²) in [6, 6.07) is 10.7. The van der Waals surface area contributed by atoms with Crippen LogP contribution in [0.1, 0.15) is 29.8 Å². The van der Waals surface area contributed by atoms with E-state index in [1.165, 1.54) is 0 Å². The fourth-order valence-corrected chi connectivity index (χ4v) is 2.74. The minimum atomic E-state index is -0.344. The van der Waals surface area contributed by atoms with Crippen molar-refractivity contribution in [1.82, 2.24) is 5.32 Å². The highest BCUT2D eigenvalue weighted by molar-refractivity contribution is 6.04. The van der Waals surface area contributed by atoms with E-state index in [1.807, 2.05) is 32.0 Å². The molecule has 0 atom stereocenters. The normalized spacial score (nSPS) is 14.3. The van der Waals surface area contributed by atoms with E-state index in [1.54, 1.807) is 18.2 Å². The topological polar surface area (TPSA) is 87.6 Å². The number of rotatable bonds is 4. The average Bonchev–Trinajstić information content (AvgIpc) is 3.33. The van der Waals surface area contributed by atoms with Crippen LogP contribution in [-0.2, 0) is 11.3 Å². The number of hydrogen-bond acceptors (Lipinski definition) is 7. The lowest BCUT2D eigenvalue weighted by Gasteiger charge is -2.14. The van der Waals surface area contributed by atoms with Gasteiger partial charge in [-0.3, -0.25) is 10.1 Å². The summed E-state index contributed by atoms with van der Waals surface area (Å²) in [6.45, 7) is 4.42. The fraction of sp³-hybridized carbons (Fsp3) is 0.300. The molecule has 2 aromatic rings. The Hall–Kier alpha value is -3.42. The number of aliphatic imine (C=N–C) groups is 1. The third-order valence-electron chi connectivity index (χ3n) is 4.04. The first-order chi connectivity index (χ1) is 13.6. The van der Waals surface area contributed by atoms with Crippen molar-refractivity contribution in [3.8, 4) is 23.0 Å². The van der Waals surface area contributed by atoms with Crippen molar-refractivity contribution in [3.05, 3.63) is 47.5 Å². The van der Waals surface area contributed by atoms with Gasteiger partial charge in [0.2, 0.25) is 13.6 Å². The van der Waals surface area contributed by atoms with Crippen LogP contribution in [0.25, 0.3) is 0 Å². The minimum Gasteiger partial charge on any atom is -0.462 e. The molecule has 0 spiro atoms. The van der Waals surface area contributed by atoms with Crippen LogP contribution in [0.3, 0.4) is 0 Å². The van der Waals surface area contributed by atoms with Gasteiger partial charge in [-0.25, -0.2) is 4.99 Å². The standard InChI is InChI=1S/C20H20N2O6/c1-12(2)28-20(21-9-13-3-5-15-17(7-13)26-10-24-15)22-19(23)14-4-6-16-18(8-14)27-11-25-16/h3-8,12H,9-11H2,1-2H3,(H,21,22,23). The summed E-state index contributed by atoms with van der Waals surface area (Å²) in [7, 11) is 0. The second-order valence-corrected chi connectivity index (χ2v) is 6.50. The number of nitrogens with one attached hydrogen (secondary N) is 1. The third-order valence-corrected chi connectivity index (χ3v) is 4.04. The Morgan fingerprint density at radius 2 is 1.64 bits per heavy atom. The summed E-state index contributed by atoms with van der Waals surface area (Å²) in [5.74, 6) is 2.21. The fourth-order valence-electron chi connectivity index (χ4n) is 2.74. The Bertz CT molecular complexity index is 925. The number of nitrogens with zero attached hydrogens (tertiary/aromatic N) is 1. The SMILES string of the molecule is CC(C)OC(=NCc1ccc2c(c1)OCO2)NC(=O)c1ccc2c(c1)OCO2. The van der Waals surface area contributed by atoms with Gasteiger partial charge in [0.15, 0.2) is 23.0 Å². The van der Waals surface area contributed by atoms with Crippen molar-refractivity contribution in [2.45, 2.75) is 26.5 Å². The van der Waals surface area contributed by atoms with E-state index >= 15 is 0 Å². The molecule has 2 aliphatic rings. The van der Waals surface area contributed by atoms with Crippen LogP contribution < -0.4 is 24.3 Å². The van der Waals surface area contributed by atoms with Gasteiger partial charge in [-0.2, -0.15) is 0 Å². The highest BCUT2D eigenvalue weighted by atomic mass is 16.7. The van der Waals surface area contributed by atoms with Crippen molar-refractivity contribution in [3.63, 3.8) is 0 Å². The van der Waals surface area contributed by atoms with Crippen LogP contribution >= 0.6 is 0 Å². The van der Waals surface area contributed by atoms with E-state index in [0.29, 0.717) is 35.1 Å². The lowest BCUT2D eigenvalue weighted by molar-refractivity contribution is 0.0959. The van der Waals surface area contributed by atoms with Gasteiger partial charge >= 0.3 is 0 Å². The number of carbonyl (C=O) groups is 1. The number of ether oxygens (including phenoxy) is 5. The highest BCUT2D eigenvalue weighted by Gasteiger charge is 2.18. The molecule has 0 saturated heterocycles. The van der Waals surface area contributed by atoms with Crippen molar-refractivity contribution in [2.75, 3.05) is 13.6 Å². The maximum absolute atomic E-state index is 12.6. The highest BCUT2D eigenvalue weighted by Crippen LogP contribution is 2.33. The molecule has 0 unspecified atom stereocenters. The second-order valence-electron chi connectivity index (χ2n) is 6.50. The van der Waals surface area contributed by atoms with Crippen LogP contribution in [0.2, 0.25) is 0 Å². The average molecular weight is 384 g/mol. The van der Waals surface area contributed by atoms with Gasteiger partial charge < -0.3 is 23.7 Å². The molecule has 0 aromatic heterocycles. The third kappa shape index (κ3) is 3.95. The van der Waals surface area contributed by atoms with Crippen molar-refractivity contribution < 1.29 is 28.5 Å². The molecule has 2 heterocycles. The first-order valence-electron chi connectivity index (χ1n) is 8.89. The number of hydrogen-bond donors (Lipinski definition) is 1. The van der Waals surface area contributed by atoms with Gasteiger partial charge in [0.1, 0.15) is 0 Å². The molecule has 0 bridgehead atoms. The maximum atomic E-state index is 12.6. The summed E-state index contributed by atoms with van der Waals surface area (Å²) < 4.78 is 26.9. The summed E-state index contributed by atoms with van der Waals surface area (Å²) in [6.07, 6.45) is -0.146. The predicted octanol–water partition coefficient (Wildman–Crippen LogP) is 2.86. The largest absolute Gasteiger partial charge is 0.462 e. The predicted molar refractivity (Wildman–Crippen MR) is 100.0 cm³/mol. The van der Waals surface area contributed by atoms with E-state index in [0.717, 1.165) is 5.56 Å². The van der Waals surface area contributed by atoms with E-state index in [9.17, 15) is 4.79 Å². The monoisotopic (exact) mass is 384 g/mol. The molecule has 8 nitrogen and oxygen atoms in total. The molecule has 1 N–H and O–H groups in total. The van der Waals surface area contributed by atoms with Crippen LogP contribution in [0.5, 0.6) is 23.0 Å². The lowest BCUT2D eigenvalue weighted by atomic mass is 10.2. The number of fused-ring (bicyclic) bond motifs is 2. The number of amides is 1. The molecule has 2 aromatic carbocycles. The lowest BCUT2D eigenvalue weighted by Crippen LogP contribution is -2.34. The summed E-state index contributed by atoms with van der Waals surface area (Å²) in [4.78, 5) is 17.0. The van der Waals surface area contributed by atoms with Crippen LogP contribution in [-0.4, -0.2) is 31.6 Å². The Balaban J connectivity index is 1.47. The molecular weight excluding hydrogens is 364 g/mol. The Labute approximate surface area is 162 Å². The van der Waals surface area contributed by atoms with Crippen molar-refractivity contribution >= 4 is 11.9 Å². The maximum Gasteiger partial charge on any atom is 0.292 e. The smallest absolute Gasteiger partial charge is 0.292 e. The van der Waals surface area contributed by atoms with E-state index in [2.05, 4.69) is 10.3 Å². The van der Waals surface area contributed by atoms with Crippen LogP contribution in [0, 0.1) is 0 Å². The number of benzene rings is 2. The van der Waals surface area contributed by atoms with Gasteiger partial charge in [0, 0.05) is 5.56 Å². The second kappa shape index (κ2) is 7.67. The van der Waals surface area contributed by atoms with E-state index < -0.39 is 0 Å². The summed E-state index contributed by atoms with van der Waals surface area (Å²) in [5, 5.41) is 2.71. The zero-order chi connectivity index (χ0) is 19.5. The molecule has 4 rings (SSSR count). The first-order valence-corrected chi connectivity index (χ1v) is 8.89. The van der Waals surface area contributed by atoms with Gasteiger partial charge in [0.25, 0.3) is 11.9 Å². The Morgan fingerprint density at radius 1 is 1.00 bits per heavy atom. The number of amidine groups is 1. The Morgan fingerprint density at radius 3 is 2.36 bits per heavy atom. The van der Waals surface area contributed by atoms with Gasteiger partial charge in [-0.05, 0) is 49.7 Å². The molecular formula is C20H20N2O6. The molecule has 0 saturated carbocycles. The molecule has 2 aliphatic heterocycles. The number of carbonyl (C=O) groups excluding carboxylic acids is 1. The van der Waals surface area contributed by atoms with E-state index in [-0.39, 0.29) is 31.6 Å². The molecule has 0 fully saturated rings. The molecule has 1 amide bonds. The molecule has 8 heteroatoms. The minimum absolute atomic E-state index is 0.146. The van der Waals surface area contributed by atoms with E-state index in [4.69, 9.17) is 23.7 Å². The zero-order valence-electron chi connectivity index (χ0n) is 15.6. The molecule has 146 valence electrons. The summed E-state index contributed by atoms with van der Waals surface area (Å²) >= 11 is 0. The first kappa shape index (κ1) is 18.0. The van der Waals surface area contributed by atoms with Gasteiger partial charge in [0.05, 0.1) is 12.6 Å². The Kier molecular flexibility index (Phi) is 4.92. The molecule has 0 radical (unpaired) electrons. The molecule has 0 aliphatic carbocycles. The van der Waals surface area contributed by atoms with Gasteiger partial charge in [-0.1, -0.05) is 6.07 Å². The van der Waals surface area contributed by atoms with Gasteiger partial charge in [-0.15, -0.1) is 0 Å². The quantitative estimate of drug-likeness (QED) is 0.644. The van der Waals surface area contributed by atoms with Crippen LogP contribution in [0.4, 0.5) is 0 Å². The molecule has 28 heavy (non-hydrogen) atoms. The van der Waals surface area contributed by atoms with Crippen molar-refractivity contribution in [1.29, 1.82) is 0 Å². The zero-order valence-corrected chi connectivity index (χ0v) is 15.6. The summed E-state index contributed by atoms with van der Waals surface area (Å²) in [5.41, 5.74) is 1.33.